The van der Waals surface area contributed by atoms with Crippen molar-refractivity contribution in [3.05, 3.63) is 0 Å². The second-order valence-corrected chi connectivity index (χ2v) is 5.47. The topological polar surface area (TPSA) is 47.6 Å². The molecule has 0 aromatic rings. The SMILES string of the molecule is COC(=O)C(C)(C)CNC1CC2CCC1O2. The maximum absolute atomic E-state index is 11.5. The Bertz CT molecular complexity index is 277. The first-order valence-corrected chi connectivity index (χ1v) is 6.00. The van der Waals surface area contributed by atoms with Crippen molar-refractivity contribution in [2.75, 3.05) is 13.7 Å². The number of fused-ring (bicyclic) bond motifs is 2. The van der Waals surface area contributed by atoms with E-state index in [1.165, 1.54) is 13.5 Å². The van der Waals surface area contributed by atoms with Crippen molar-refractivity contribution in [2.24, 2.45) is 5.41 Å². The second kappa shape index (κ2) is 4.34. The average molecular weight is 227 g/mol. The van der Waals surface area contributed by atoms with E-state index in [2.05, 4.69) is 5.32 Å². The van der Waals surface area contributed by atoms with Gasteiger partial charge in [-0.15, -0.1) is 0 Å². The first kappa shape index (κ1) is 11.9. The van der Waals surface area contributed by atoms with E-state index in [9.17, 15) is 4.79 Å². The molecule has 0 saturated carbocycles. The predicted octanol–water partition coefficient (Wildman–Crippen LogP) is 1.10. The quantitative estimate of drug-likeness (QED) is 0.730. The molecule has 4 heteroatoms. The average Bonchev–Trinajstić information content (AvgIpc) is 2.86. The number of ether oxygens (including phenoxy) is 2. The third kappa shape index (κ3) is 2.23. The lowest BCUT2D eigenvalue weighted by Crippen LogP contribution is -2.45. The van der Waals surface area contributed by atoms with Gasteiger partial charge in [0.25, 0.3) is 0 Å². The molecule has 0 radical (unpaired) electrons. The van der Waals surface area contributed by atoms with Gasteiger partial charge >= 0.3 is 5.97 Å². The van der Waals surface area contributed by atoms with Gasteiger partial charge in [0.15, 0.2) is 0 Å². The van der Waals surface area contributed by atoms with Gasteiger partial charge in [-0.3, -0.25) is 4.79 Å². The summed E-state index contributed by atoms with van der Waals surface area (Å²) in [5, 5.41) is 3.44. The lowest BCUT2D eigenvalue weighted by Gasteiger charge is -2.26. The highest BCUT2D eigenvalue weighted by Gasteiger charge is 2.41. The molecule has 0 amide bonds. The summed E-state index contributed by atoms with van der Waals surface area (Å²) in [6, 6.07) is 0.419. The molecule has 3 unspecified atom stereocenters. The Hall–Kier alpha value is -0.610. The standard InChI is InChI=1S/C12H21NO3/c1-12(2,11(14)15-3)7-13-9-6-8-4-5-10(9)16-8/h8-10,13H,4-7H2,1-3H3. The van der Waals surface area contributed by atoms with Crippen LogP contribution in [-0.2, 0) is 14.3 Å². The fraction of sp³-hybridized carbons (Fsp3) is 0.917. The van der Waals surface area contributed by atoms with Gasteiger partial charge in [-0.1, -0.05) is 0 Å². The summed E-state index contributed by atoms with van der Waals surface area (Å²) in [5.41, 5.74) is -0.462. The molecule has 16 heavy (non-hydrogen) atoms. The predicted molar refractivity (Wildman–Crippen MR) is 60.1 cm³/mol. The third-order valence-corrected chi connectivity index (χ3v) is 3.65. The zero-order valence-electron chi connectivity index (χ0n) is 10.3. The molecule has 0 aliphatic carbocycles. The number of rotatable bonds is 4. The van der Waals surface area contributed by atoms with Crippen LogP contribution in [0.3, 0.4) is 0 Å². The maximum Gasteiger partial charge on any atom is 0.312 e. The fourth-order valence-corrected chi connectivity index (χ4v) is 2.59. The van der Waals surface area contributed by atoms with Crippen molar-refractivity contribution in [3.8, 4) is 0 Å². The second-order valence-electron chi connectivity index (χ2n) is 5.47. The van der Waals surface area contributed by atoms with Gasteiger partial charge in [-0.2, -0.15) is 0 Å². The van der Waals surface area contributed by atoms with Gasteiger partial charge in [-0.05, 0) is 33.1 Å². The summed E-state index contributed by atoms with van der Waals surface area (Å²) >= 11 is 0. The summed E-state index contributed by atoms with van der Waals surface area (Å²) < 4.78 is 10.5. The summed E-state index contributed by atoms with van der Waals surface area (Å²) in [6.45, 7) is 4.46. The largest absolute Gasteiger partial charge is 0.469 e. The van der Waals surface area contributed by atoms with Crippen LogP contribution < -0.4 is 5.32 Å². The van der Waals surface area contributed by atoms with Crippen molar-refractivity contribution in [2.45, 2.75) is 51.4 Å². The Balaban J connectivity index is 1.81. The fourth-order valence-electron chi connectivity index (χ4n) is 2.59. The molecule has 2 bridgehead atoms. The van der Waals surface area contributed by atoms with E-state index in [1.807, 2.05) is 13.8 Å². The van der Waals surface area contributed by atoms with Gasteiger partial charge in [0.1, 0.15) is 0 Å². The molecule has 2 aliphatic rings. The number of nitrogens with one attached hydrogen (secondary N) is 1. The van der Waals surface area contributed by atoms with Crippen molar-refractivity contribution in [1.29, 1.82) is 0 Å². The van der Waals surface area contributed by atoms with Crippen molar-refractivity contribution in [3.63, 3.8) is 0 Å². The lowest BCUT2D eigenvalue weighted by atomic mass is 9.91. The molecule has 2 heterocycles. The Kier molecular flexibility index (Phi) is 3.22. The first-order chi connectivity index (χ1) is 7.53. The van der Waals surface area contributed by atoms with Crippen LogP contribution in [-0.4, -0.2) is 37.9 Å². The molecular weight excluding hydrogens is 206 g/mol. The van der Waals surface area contributed by atoms with Crippen LogP contribution in [0.4, 0.5) is 0 Å². The van der Waals surface area contributed by atoms with Gasteiger partial charge in [0.2, 0.25) is 0 Å². The summed E-state index contributed by atoms with van der Waals surface area (Å²) in [4.78, 5) is 11.5. The molecule has 3 atom stereocenters. The molecule has 0 aromatic carbocycles. The minimum atomic E-state index is -0.462. The highest BCUT2D eigenvalue weighted by molar-refractivity contribution is 5.76. The molecule has 2 rings (SSSR count). The number of hydrogen-bond donors (Lipinski definition) is 1. The van der Waals surface area contributed by atoms with E-state index < -0.39 is 5.41 Å². The van der Waals surface area contributed by atoms with E-state index in [-0.39, 0.29) is 5.97 Å². The lowest BCUT2D eigenvalue weighted by molar-refractivity contribution is -0.150. The van der Waals surface area contributed by atoms with Gasteiger partial charge in [0.05, 0.1) is 24.7 Å². The van der Waals surface area contributed by atoms with Crippen LogP contribution in [0, 0.1) is 5.41 Å². The molecule has 4 nitrogen and oxygen atoms in total. The van der Waals surface area contributed by atoms with E-state index in [4.69, 9.17) is 9.47 Å². The van der Waals surface area contributed by atoms with Crippen LogP contribution in [0.2, 0.25) is 0 Å². The Morgan fingerprint density at radius 3 is 2.75 bits per heavy atom. The minimum Gasteiger partial charge on any atom is -0.469 e. The van der Waals surface area contributed by atoms with E-state index in [1.54, 1.807) is 0 Å². The van der Waals surface area contributed by atoms with Crippen molar-refractivity contribution >= 4 is 5.97 Å². The number of hydrogen-bond acceptors (Lipinski definition) is 4. The highest BCUT2D eigenvalue weighted by Crippen LogP contribution is 2.34. The van der Waals surface area contributed by atoms with Gasteiger partial charge in [0, 0.05) is 12.6 Å². The summed E-state index contributed by atoms with van der Waals surface area (Å²) in [6.07, 6.45) is 4.24. The zero-order valence-corrected chi connectivity index (χ0v) is 10.3. The molecule has 92 valence electrons. The third-order valence-electron chi connectivity index (χ3n) is 3.65. The first-order valence-electron chi connectivity index (χ1n) is 6.00. The smallest absolute Gasteiger partial charge is 0.312 e. The molecule has 2 saturated heterocycles. The van der Waals surface area contributed by atoms with Crippen LogP contribution >= 0.6 is 0 Å². The van der Waals surface area contributed by atoms with E-state index in [0.717, 1.165) is 12.8 Å². The monoisotopic (exact) mass is 227 g/mol. The van der Waals surface area contributed by atoms with Crippen molar-refractivity contribution in [1.82, 2.24) is 5.32 Å². The van der Waals surface area contributed by atoms with Gasteiger partial charge < -0.3 is 14.8 Å². The van der Waals surface area contributed by atoms with E-state index in [0.29, 0.717) is 24.8 Å². The molecule has 0 aromatic heterocycles. The van der Waals surface area contributed by atoms with Crippen molar-refractivity contribution < 1.29 is 14.3 Å². The number of esters is 1. The highest BCUT2D eigenvalue weighted by atomic mass is 16.5. The zero-order chi connectivity index (χ0) is 11.8. The summed E-state index contributed by atoms with van der Waals surface area (Å²) in [5.74, 6) is -0.163. The Labute approximate surface area is 96.7 Å². The normalized spacial score (nSPS) is 33.1. The number of carbonyl (C=O) groups is 1. The van der Waals surface area contributed by atoms with Gasteiger partial charge in [-0.25, -0.2) is 0 Å². The molecule has 2 fully saturated rings. The van der Waals surface area contributed by atoms with Crippen LogP contribution in [0.15, 0.2) is 0 Å². The maximum atomic E-state index is 11.5. The summed E-state index contributed by atoms with van der Waals surface area (Å²) in [7, 11) is 1.44. The van der Waals surface area contributed by atoms with E-state index >= 15 is 0 Å². The number of methoxy groups -OCH3 is 1. The Morgan fingerprint density at radius 1 is 1.50 bits per heavy atom. The molecule has 2 aliphatic heterocycles. The molecular formula is C12H21NO3. The molecule has 0 spiro atoms. The van der Waals surface area contributed by atoms with Crippen LogP contribution in [0.1, 0.15) is 33.1 Å². The minimum absolute atomic E-state index is 0.163. The number of carbonyl (C=O) groups excluding carboxylic acids is 1. The Morgan fingerprint density at radius 2 is 2.25 bits per heavy atom. The van der Waals surface area contributed by atoms with Crippen LogP contribution in [0.5, 0.6) is 0 Å². The molecule has 1 N–H and O–H groups in total. The van der Waals surface area contributed by atoms with Crippen LogP contribution in [0.25, 0.3) is 0 Å².